The number of benzene rings is 2. The fraction of sp³-hybridized carbons (Fsp3) is 0.533. The zero-order chi connectivity index (χ0) is 29.2. The summed E-state index contributed by atoms with van der Waals surface area (Å²) in [6.45, 7) is 6.20. The molecule has 2 aromatic carbocycles. The van der Waals surface area contributed by atoms with Crippen molar-refractivity contribution in [3.05, 3.63) is 65.0 Å². The van der Waals surface area contributed by atoms with Crippen molar-refractivity contribution in [2.75, 3.05) is 52.6 Å². The number of likely N-dealkylation sites (N-methyl/N-ethyl adjacent to an activating group) is 1. The number of Topliss-reactive ketones (excluding diaryl/α,β-unsaturated/α-hetero) is 1. The predicted molar refractivity (Wildman–Crippen MR) is 152 cm³/mol. The standard InChI is InChI=1S/C30H40FN3O5S/c1-20-8-7-13-34(17-20)30(37)26-19-33(15-14-32(3)40(4,38)39)18-25(29(36)22-9-5-10-23(35)16-22)28(26)24-11-6-12-27(31)21(24)2/h5-6,9-12,16,20,25-26,28,35H,7-8,13-15,17-19H2,1-4H3. The van der Waals surface area contributed by atoms with E-state index in [1.165, 1.54) is 29.6 Å². The van der Waals surface area contributed by atoms with E-state index in [9.17, 15) is 27.5 Å². The van der Waals surface area contributed by atoms with Crippen LogP contribution in [0.2, 0.25) is 0 Å². The van der Waals surface area contributed by atoms with E-state index in [1.807, 2.05) is 9.80 Å². The van der Waals surface area contributed by atoms with Gasteiger partial charge in [-0.15, -0.1) is 0 Å². The lowest BCUT2D eigenvalue weighted by molar-refractivity contribution is -0.140. The van der Waals surface area contributed by atoms with Gasteiger partial charge in [-0.2, -0.15) is 0 Å². The Morgan fingerprint density at radius 1 is 1.10 bits per heavy atom. The molecule has 40 heavy (non-hydrogen) atoms. The Morgan fingerprint density at radius 2 is 1.80 bits per heavy atom. The first-order valence-electron chi connectivity index (χ1n) is 13.9. The first kappa shape index (κ1) is 30.1. The van der Waals surface area contributed by atoms with Crippen molar-refractivity contribution in [3.8, 4) is 5.75 Å². The smallest absolute Gasteiger partial charge is 0.227 e. The number of phenolic OH excluding ortho intramolecular Hbond substituents is 1. The van der Waals surface area contributed by atoms with Crippen molar-refractivity contribution in [1.29, 1.82) is 0 Å². The number of likely N-dealkylation sites (tertiary alicyclic amines) is 2. The molecule has 2 aromatic rings. The molecule has 1 N–H and O–H groups in total. The summed E-state index contributed by atoms with van der Waals surface area (Å²) in [6, 6.07) is 10.9. The number of piperidine rings is 2. The molecule has 4 atom stereocenters. The minimum Gasteiger partial charge on any atom is -0.508 e. The average molecular weight is 574 g/mol. The summed E-state index contributed by atoms with van der Waals surface area (Å²) in [5.41, 5.74) is 1.36. The number of aromatic hydroxyl groups is 1. The van der Waals surface area contributed by atoms with Crippen molar-refractivity contribution in [3.63, 3.8) is 0 Å². The second kappa shape index (κ2) is 12.4. The molecule has 2 saturated heterocycles. The van der Waals surface area contributed by atoms with Crippen LogP contribution in [-0.4, -0.2) is 91.9 Å². The second-order valence-electron chi connectivity index (χ2n) is 11.5. The van der Waals surface area contributed by atoms with E-state index in [0.717, 1.165) is 19.1 Å². The van der Waals surface area contributed by atoms with Gasteiger partial charge in [0.05, 0.1) is 12.2 Å². The zero-order valence-corrected chi connectivity index (χ0v) is 24.5. The van der Waals surface area contributed by atoms with Crippen LogP contribution in [-0.2, 0) is 14.8 Å². The van der Waals surface area contributed by atoms with Gasteiger partial charge in [0.1, 0.15) is 11.6 Å². The number of ketones is 1. The molecule has 0 saturated carbocycles. The molecule has 1 amide bonds. The highest BCUT2D eigenvalue weighted by molar-refractivity contribution is 7.88. The van der Waals surface area contributed by atoms with Crippen LogP contribution >= 0.6 is 0 Å². The van der Waals surface area contributed by atoms with Gasteiger partial charge in [-0.3, -0.25) is 9.59 Å². The quantitative estimate of drug-likeness (QED) is 0.486. The largest absolute Gasteiger partial charge is 0.508 e. The Hall–Kier alpha value is -2.82. The third kappa shape index (κ3) is 6.72. The molecule has 2 heterocycles. The number of rotatable bonds is 8. The summed E-state index contributed by atoms with van der Waals surface area (Å²) in [5, 5.41) is 10.1. The number of hydrogen-bond acceptors (Lipinski definition) is 6. The molecule has 0 aliphatic carbocycles. The molecule has 0 spiro atoms. The highest BCUT2D eigenvalue weighted by atomic mass is 32.2. The van der Waals surface area contributed by atoms with Gasteiger partial charge in [-0.1, -0.05) is 31.2 Å². The summed E-state index contributed by atoms with van der Waals surface area (Å²) in [6.07, 6.45) is 3.09. The van der Waals surface area contributed by atoms with Crippen LogP contribution in [0.4, 0.5) is 4.39 Å². The normalized spacial score (nSPS) is 24.3. The first-order chi connectivity index (χ1) is 18.9. The summed E-state index contributed by atoms with van der Waals surface area (Å²) in [7, 11) is -1.90. The molecule has 4 unspecified atom stereocenters. The molecule has 0 aromatic heterocycles. The van der Waals surface area contributed by atoms with E-state index < -0.39 is 33.6 Å². The number of sulfonamides is 1. The monoisotopic (exact) mass is 573 g/mol. The van der Waals surface area contributed by atoms with Crippen LogP contribution in [0.3, 0.4) is 0 Å². The summed E-state index contributed by atoms with van der Waals surface area (Å²) in [4.78, 5) is 32.2. The van der Waals surface area contributed by atoms with Crippen molar-refractivity contribution >= 4 is 21.7 Å². The zero-order valence-electron chi connectivity index (χ0n) is 23.7. The fourth-order valence-corrected chi connectivity index (χ4v) is 6.58. The Bertz CT molecular complexity index is 1350. The van der Waals surface area contributed by atoms with Crippen LogP contribution in [0.25, 0.3) is 0 Å². The topological polar surface area (TPSA) is 98.2 Å². The van der Waals surface area contributed by atoms with Crippen molar-refractivity contribution in [2.24, 2.45) is 17.8 Å². The van der Waals surface area contributed by atoms with Gasteiger partial charge in [-0.05, 0) is 55.0 Å². The van der Waals surface area contributed by atoms with Crippen molar-refractivity contribution in [2.45, 2.75) is 32.6 Å². The number of hydrogen-bond donors (Lipinski definition) is 1. The number of phenols is 1. The molecule has 8 nitrogen and oxygen atoms in total. The van der Waals surface area contributed by atoms with Gasteiger partial charge < -0.3 is 14.9 Å². The Kier molecular flexibility index (Phi) is 9.32. The average Bonchev–Trinajstić information content (AvgIpc) is 2.91. The van der Waals surface area contributed by atoms with E-state index in [1.54, 1.807) is 31.2 Å². The van der Waals surface area contributed by atoms with E-state index in [4.69, 9.17) is 0 Å². The number of nitrogens with zero attached hydrogens (tertiary/aromatic N) is 3. The van der Waals surface area contributed by atoms with Crippen LogP contribution < -0.4 is 0 Å². The highest BCUT2D eigenvalue weighted by Crippen LogP contribution is 2.42. The van der Waals surface area contributed by atoms with Gasteiger partial charge >= 0.3 is 0 Å². The summed E-state index contributed by atoms with van der Waals surface area (Å²) < 4.78 is 40.2. The predicted octanol–water partition coefficient (Wildman–Crippen LogP) is 3.50. The number of amides is 1. The van der Waals surface area contributed by atoms with Crippen LogP contribution in [0.15, 0.2) is 42.5 Å². The van der Waals surface area contributed by atoms with Gasteiger partial charge in [0.25, 0.3) is 0 Å². The fourth-order valence-electron chi connectivity index (χ4n) is 6.16. The molecule has 2 fully saturated rings. The number of carbonyl (C=O) groups is 2. The van der Waals surface area contributed by atoms with E-state index in [0.29, 0.717) is 48.8 Å². The SMILES string of the molecule is Cc1c(F)cccc1C1C(C(=O)c2cccc(O)c2)CN(CCN(C)S(C)(=O)=O)CC1C(=O)N1CCCC(C)C1. The van der Waals surface area contributed by atoms with Gasteiger partial charge in [0.2, 0.25) is 15.9 Å². The molecule has 218 valence electrons. The highest BCUT2D eigenvalue weighted by Gasteiger charge is 2.46. The van der Waals surface area contributed by atoms with E-state index in [2.05, 4.69) is 6.92 Å². The number of carbonyl (C=O) groups excluding carboxylic acids is 2. The molecule has 0 radical (unpaired) electrons. The van der Waals surface area contributed by atoms with E-state index in [-0.39, 0.29) is 30.5 Å². The maximum Gasteiger partial charge on any atom is 0.227 e. The third-order valence-corrected chi connectivity index (χ3v) is 9.81. The summed E-state index contributed by atoms with van der Waals surface area (Å²) in [5.74, 6) is -2.30. The lowest BCUT2D eigenvalue weighted by Crippen LogP contribution is -2.55. The molecule has 0 bridgehead atoms. The minimum atomic E-state index is -3.40. The first-order valence-corrected chi connectivity index (χ1v) is 15.7. The molecule has 2 aliphatic rings. The van der Waals surface area contributed by atoms with Gasteiger partial charge in [0.15, 0.2) is 5.78 Å². The Labute approximate surface area is 236 Å². The van der Waals surface area contributed by atoms with E-state index >= 15 is 0 Å². The van der Waals surface area contributed by atoms with Gasteiger partial charge in [0, 0.05) is 63.7 Å². The van der Waals surface area contributed by atoms with Crippen LogP contribution in [0, 0.1) is 30.5 Å². The van der Waals surface area contributed by atoms with Crippen LogP contribution in [0.1, 0.15) is 47.2 Å². The molecule has 4 rings (SSSR count). The lowest BCUT2D eigenvalue weighted by Gasteiger charge is -2.45. The third-order valence-electron chi connectivity index (χ3n) is 8.50. The summed E-state index contributed by atoms with van der Waals surface area (Å²) >= 11 is 0. The van der Waals surface area contributed by atoms with Crippen molar-refractivity contribution < 1.29 is 27.5 Å². The maximum absolute atomic E-state index is 14.9. The molecule has 2 aliphatic heterocycles. The Balaban J connectivity index is 1.78. The molecular formula is C30H40FN3O5S. The maximum atomic E-state index is 14.9. The van der Waals surface area contributed by atoms with Crippen molar-refractivity contribution in [1.82, 2.24) is 14.1 Å². The Morgan fingerprint density at radius 3 is 2.48 bits per heavy atom. The molecular weight excluding hydrogens is 533 g/mol. The number of halogens is 1. The lowest BCUT2D eigenvalue weighted by atomic mass is 9.69. The van der Waals surface area contributed by atoms with Crippen LogP contribution in [0.5, 0.6) is 5.75 Å². The second-order valence-corrected chi connectivity index (χ2v) is 13.6. The van der Waals surface area contributed by atoms with Gasteiger partial charge in [-0.25, -0.2) is 17.1 Å². The minimum absolute atomic E-state index is 0.0401. The molecule has 10 heteroatoms.